The van der Waals surface area contributed by atoms with E-state index in [1.54, 1.807) is 12.1 Å². The highest BCUT2D eigenvalue weighted by molar-refractivity contribution is 6.01. The Bertz CT molecular complexity index is 920. The average Bonchev–Trinajstić information content (AvgIpc) is 2.55. The number of nitrogens with zero attached hydrogens (tertiary/aromatic N) is 2. The lowest BCUT2D eigenvalue weighted by atomic mass is 10.0. The third-order valence-electron chi connectivity index (χ3n) is 4.11. The Morgan fingerprint density at radius 3 is 2.58 bits per heavy atom. The van der Waals surface area contributed by atoms with Gasteiger partial charge < -0.3 is 9.84 Å². The van der Waals surface area contributed by atoms with Crippen LogP contribution in [0.4, 0.5) is 0 Å². The number of hydrogen-bond acceptors (Lipinski definition) is 5. The van der Waals surface area contributed by atoms with Gasteiger partial charge in [-0.1, -0.05) is 12.1 Å². The summed E-state index contributed by atoms with van der Waals surface area (Å²) in [6, 6.07) is 7.29. The number of benzene rings is 1. The van der Waals surface area contributed by atoms with E-state index in [1.807, 2.05) is 26.0 Å². The van der Waals surface area contributed by atoms with Crippen molar-refractivity contribution >= 4 is 5.78 Å². The summed E-state index contributed by atoms with van der Waals surface area (Å²) in [5, 5.41) is 19.2. The molecule has 0 radical (unpaired) electrons. The zero-order chi connectivity index (χ0) is 18.0. The summed E-state index contributed by atoms with van der Waals surface area (Å²) in [6.07, 6.45) is 0. The van der Waals surface area contributed by atoms with Crippen LogP contribution < -0.4 is 10.3 Å². The molecule has 2 aromatic rings. The summed E-state index contributed by atoms with van der Waals surface area (Å²) in [5.41, 5.74) is 1.24. The molecule has 0 aliphatic heterocycles. The second-order valence-electron chi connectivity index (χ2n) is 5.58. The number of ether oxygens (including phenoxy) is 1. The van der Waals surface area contributed by atoms with Gasteiger partial charge in [0.25, 0.3) is 5.56 Å². The molecular weight excluding hydrogens is 308 g/mol. The highest BCUT2D eigenvalue weighted by Crippen LogP contribution is 2.24. The minimum Gasteiger partial charge on any atom is -0.494 e. The first-order chi connectivity index (χ1) is 11.3. The fourth-order valence-electron chi connectivity index (χ4n) is 2.45. The minimum atomic E-state index is -0.639. The van der Waals surface area contributed by atoms with Crippen LogP contribution in [0.1, 0.15) is 32.6 Å². The van der Waals surface area contributed by atoms with E-state index in [4.69, 9.17) is 10.00 Å². The van der Waals surface area contributed by atoms with Gasteiger partial charge in [-0.05, 0) is 43.5 Å². The van der Waals surface area contributed by atoms with Gasteiger partial charge in [0, 0.05) is 7.05 Å². The quantitative estimate of drug-likeness (QED) is 0.869. The van der Waals surface area contributed by atoms with Gasteiger partial charge in [-0.3, -0.25) is 14.2 Å². The van der Waals surface area contributed by atoms with Crippen molar-refractivity contribution < 1.29 is 14.6 Å². The van der Waals surface area contributed by atoms with E-state index in [-0.39, 0.29) is 23.3 Å². The fraction of sp³-hybridized carbons (Fsp3) is 0.278. The normalized spacial score (nSPS) is 10.3. The van der Waals surface area contributed by atoms with E-state index >= 15 is 0 Å². The number of aromatic hydroxyl groups is 1. The van der Waals surface area contributed by atoms with Crippen LogP contribution in [0.25, 0.3) is 0 Å². The highest BCUT2D eigenvalue weighted by Gasteiger charge is 2.23. The van der Waals surface area contributed by atoms with Crippen molar-refractivity contribution in [1.82, 2.24) is 4.57 Å². The van der Waals surface area contributed by atoms with E-state index in [0.717, 1.165) is 15.7 Å². The molecule has 0 saturated heterocycles. The molecule has 24 heavy (non-hydrogen) atoms. The van der Waals surface area contributed by atoms with Gasteiger partial charge in [0.2, 0.25) is 11.7 Å². The molecule has 0 spiro atoms. The Balaban J connectivity index is 2.38. The maximum Gasteiger partial charge on any atom is 0.271 e. The molecule has 0 saturated carbocycles. The average molecular weight is 326 g/mol. The summed E-state index contributed by atoms with van der Waals surface area (Å²) in [5.74, 6) is -0.394. The van der Waals surface area contributed by atoms with Crippen LogP contribution in [0.15, 0.2) is 23.0 Å². The maximum atomic E-state index is 12.5. The Morgan fingerprint density at radius 1 is 1.29 bits per heavy atom. The molecule has 1 aromatic carbocycles. The van der Waals surface area contributed by atoms with E-state index in [1.165, 1.54) is 14.0 Å². The Labute approximate surface area is 139 Å². The molecule has 1 heterocycles. The van der Waals surface area contributed by atoms with Gasteiger partial charge >= 0.3 is 0 Å². The van der Waals surface area contributed by atoms with Gasteiger partial charge in [-0.15, -0.1) is 0 Å². The number of Topliss-reactive ketones (excluding diaryl/α,β-unsaturated/α-hetero) is 1. The highest BCUT2D eigenvalue weighted by atomic mass is 16.5. The number of pyridine rings is 1. The second kappa shape index (κ2) is 6.59. The van der Waals surface area contributed by atoms with Gasteiger partial charge in [-0.25, -0.2) is 0 Å². The van der Waals surface area contributed by atoms with Crippen molar-refractivity contribution in [3.8, 4) is 17.7 Å². The van der Waals surface area contributed by atoms with Crippen LogP contribution in [0, 0.1) is 32.1 Å². The van der Waals surface area contributed by atoms with E-state index in [9.17, 15) is 14.7 Å². The topological polar surface area (TPSA) is 92.3 Å². The van der Waals surface area contributed by atoms with Crippen LogP contribution in [0.5, 0.6) is 11.6 Å². The van der Waals surface area contributed by atoms with Crippen molar-refractivity contribution in [2.24, 2.45) is 7.05 Å². The minimum absolute atomic E-state index is 0.0704. The zero-order valence-electron chi connectivity index (χ0n) is 14.0. The smallest absolute Gasteiger partial charge is 0.271 e. The monoisotopic (exact) mass is 326 g/mol. The van der Waals surface area contributed by atoms with Crippen LogP contribution >= 0.6 is 0 Å². The molecule has 0 fully saturated rings. The Kier molecular flexibility index (Phi) is 4.74. The first kappa shape index (κ1) is 17.3. The summed E-state index contributed by atoms with van der Waals surface area (Å²) < 4.78 is 6.44. The largest absolute Gasteiger partial charge is 0.494 e. The fourth-order valence-corrected chi connectivity index (χ4v) is 2.45. The molecule has 0 bridgehead atoms. The number of rotatable bonds is 4. The lowest BCUT2D eigenvalue weighted by molar-refractivity contribution is 0.0916. The summed E-state index contributed by atoms with van der Waals surface area (Å²) in [4.78, 5) is 24.4. The van der Waals surface area contributed by atoms with E-state index < -0.39 is 17.2 Å². The summed E-state index contributed by atoms with van der Waals surface area (Å²) in [6.45, 7) is 4.98. The molecule has 2 rings (SSSR count). The Hall–Kier alpha value is -3.07. The first-order valence-corrected chi connectivity index (χ1v) is 7.34. The number of carbonyl (C=O) groups excluding carboxylic acids is 1. The molecule has 1 aromatic heterocycles. The molecule has 6 nitrogen and oxygen atoms in total. The molecule has 124 valence electrons. The number of carbonyl (C=O) groups is 1. The molecule has 0 aliphatic rings. The van der Waals surface area contributed by atoms with Gasteiger partial charge in [0.1, 0.15) is 17.4 Å². The third-order valence-corrected chi connectivity index (χ3v) is 4.11. The van der Waals surface area contributed by atoms with E-state index in [0.29, 0.717) is 5.75 Å². The zero-order valence-corrected chi connectivity index (χ0v) is 14.0. The van der Waals surface area contributed by atoms with Gasteiger partial charge in [0.15, 0.2) is 6.61 Å². The van der Waals surface area contributed by atoms with Crippen molar-refractivity contribution in [1.29, 1.82) is 5.26 Å². The van der Waals surface area contributed by atoms with Crippen molar-refractivity contribution in [3.05, 3.63) is 56.4 Å². The molecule has 6 heteroatoms. The predicted octanol–water partition coefficient (Wildman–Crippen LogP) is 2.15. The lowest BCUT2D eigenvalue weighted by Gasteiger charge is -2.14. The number of aromatic nitrogens is 1. The standard InChI is InChI=1S/C18H18N2O4/c1-10-6-5-7-15(11(10)2)24-9-14(21)16-12(3)13(8-19)17(22)20(4)18(16)23/h5-7,23H,9H2,1-4H3. The first-order valence-electron chi connectivity index (χ1n) is 7.34. The number of nitriles is 1. The van der Waals surface area contributed by atoms with Crippen LogP contribution in [0.3, 0.4) is 0 Å². The van der Waals surface area contributed by atoms with Gasteiger partial charge in [0.05, 0.1) is 5.56 Å². The number of ketones is 1. The predicted molar refractivity (Wildman–Crippen MR) is 88.5 cm³/mol. The number of hydrogen-bond donors (Lipinski definition) is 1. The molecule has 0 amide bonds. The molecule has 0 unspecified atom stereocenters. The van der Waals surface area contributed by atoms with Crippen LogP contribution in [-0.4, -0.2) is 22.1 Å². The van der Waals surface area contributed by atoms with Crippen LogP contribution in [0.2, 0.25) is 0 Å². The number of aryl methyl sites for hydroxylation is 1. The summed E-state index contributed by atoms with van der Waals surface area (Å²) in [7, 11) is 1.31. The Morgan fingerprint density at radius 2 is 1.96 bits per heavy atom. The molecule has 1 N–H and O–H groups in total. The third kappa shape index (κ3) is 2.88. The maximum absolute atomic E-state index is 12.5. The van der Waals surface area contributed by atoms with Crippen molar-refractivity contribution in [2.75, 3.05) is 6.61 Å². The molecule has 0 aliphatic carbocycles. The second-order valence-corrected chi connectivity index (χ2v) is 5.58. The van der Waals surface area contributed by atoms with Crippen molar-refractivity contribution in [2.45, 2.75) is 20.8 Å². The molecule has 0 atom stereocenters. The summed E-state index contributed by atoms with van der Waals surface area (Å²) >= 11 is 0. The van der Waals surface area contributed by atoms with Crippen molar-refractivity contribution in [3.63, 3.8) is 0 Å². The lowest BCUT2D eigenvalue weighted by Crippen LogP contribution is -2.25. The van der Waals surface area contributed by atoms with E-state index in [2.05, 4.69) is 0 Å². The molecular formula is C18H18N2O4. The SMILES string of the molecule is Cc1cccc(OCC(=O)c2c(C)c(C#N)c(=O)n(C)c2O)c1C. The van der Waals surface area contributed by atoms with Crippen LogP contribution in [-0.2, 0) is 7.05 Å². The van der Waals surface area contributed by atoms with Gasteiger partial charge in [-0.2, -0.15) is 5.26 Å².